The van der Waals surface area contributed by atoms with Crippen LogP contribution in [0.1, 0.15) is 43.6 Å². The molecule has 112 valence electrons. The average Bonchev–Trinajstić information content (AvgIpc) is 2.88. The van der Waals surface area contributed by atoms with Crippen molar-refractivity contribution < 1.29 is 4.79 Å². The zero-order valence-electron chi connectivity index (χ0n) is 13.0. The summed E-state index contributed by atoms with van der Waals surface area (Å²) in [5.74, 6) is 0.428. The van der Waals surface area contributed by atoms with Crippen molar-refractivity contribution in [3.63, 3.8) is 0 Å². The molecule has 1 aliphatic heterocycles. The fraction of sp³-hybridized carbons (Fsp3) is 0.562. The van der Waals surface area contributed by atoms with Crippen LogP contribution in [0.15, 0.2) is 12.3 Å². The largest absolute Gasteiger partial charge is 0.338 e. The van der Waals surface area contributed by atoms with Crippen LogP contribution in [-0.4, -0.2) is 31.9 Å². The molecule has 0 saturated heterocycles. The molecule has 5 heteroatoms. The third-order valence-electron chi connectivity index (χ3n) is 4.42. The van der Waals surface area contributed by atoms with Gasteiger partial charge in [-0.15, -0.1) is 0 Å². The van der Waals surface area contributed by atoms with E-state index < -0.39 is 0 Å². The molecule has 3 rings (SSSR count). The number of amides is 1. The Morgan fingerprint density at radius 2 is 2.14 bits per heavy atom. The van der Waals surface area contributed by atoms with Crippen LogP contribution in [-0.2, 0) is 17.8 Å². The van der Waals surface area contributed by atoms with Gasteiger partial charge in [0, 0.05) is 43.3 Å². The van der Waals surface area contributed by atoms with E-state index in [1.54, 1.807) is 0 Å². The maximum absolute atomic E-state index is 12.5. The molecule has 1 amide bonds. The predicted molar refractivity (Wildman–Crippen MR) is 80.9 cm³/mol. The van der Waals surface area contributed by atoms with E-state index in [4.69, 9.17) is 0 Å². The van der Waals surface area contributed by atoms with Gasteiger partial charge in [-0.2, -0.15) is 5.10 Å². The van der Waals surface area contributed by atoms with E-state index in [1.165, 1.54) is 5.69 Å². The van der Waals surface area contributed by atoms with Crippen LogP contribution in [0.25, 0.3) is 5.65 Å². The van der Waals surface area contributed by atoms with Gasteiger partial charge >= 0.3 is 0 Å². The normalized spacial score (nSPS) is 14.8. The quantitative estimate of drug-likeness (QED) is 0.870. The average molecular weight is 286 g/mol. The lowest BCUT2D eigenvalue weighted by molar-refractivity contribution is -0.136. The summed E-state index contributed by atoms with van der Waals surface area (Å²) in [6.07, 6.45) is 4.57. The molecule has 0 fully saturated rings. The Hall–Kier alpha value is -1.91. The second-order valence-corrected chi connectivity index (χ2v) is 5.81. The number of carbonyl (C=O) groups is 1. The topological polar surface area (TPSA) is 50.5 Å². The van der Waals surface area contributed by atoms with Crippen LogP contribution >= 0.6 is 0 Å². The monoisotopic (exact) mass is 286 g/mol. The first-order valence-electron chi connectivity index (χ1n) is 7.76. The summed E-state index contributed by atoms with van der Waals surface area (Å²) in [6, 6.07) is 1.99. The number of carbonyl (C=O) groups excluding carboxylic acids is 1. The highest BCUT2D eigenvalue weighted by molar-refractivity contribution is 5.79. The van der Waals surface area contributed by atoms with E-state index in [2.05, 4.69) is 23.9 Å². The maximum Gasteiger partial charge on any atom is 0.225 e. The number of aromatic nitrogens is 3. The van der Waals surface area contributed by atoms with Gasteiger partial charge in [-0.05, 0) is 19.8 Å². The van der Waals surface area contributed by atoms with Gasteiger partial charge in [0.15, 0.2) is 5.65 Å². The Balaban J connectivity index is 1.89. The number of aryl methyl sites for hydroxylation is 1. The minimum atomic E-state index is 0.148. The molecule has 0 radical (unpaired) electrons. The van der Waals surface area contributed by atoms with Crippen LogP contribution in [0.2, 0.25) is 0 Å². The number of fused-ring (bicyclic) bond motifs is 3. The lowest BCUT2D eigenvalue weighted by atomic mass is 9.99. The Labute approximate surface area is 125 Å². The van der Waals surface area contributed by atoms with Gasteiger partial charge in [0.05, 0.1) is 11.4 Å². The Kier molecular flexibility index (Phi) is 3.66. The van der Waals surface area contributed by atoms with Crippen molar-refractivity contribution in [2.75, 3.05) is 6.54 Å². The molecule has 21 heavy (non-hydrogen) atoms. The van der Waals surface area contributed by atoms with Crippen LogP contribution in [0.5, 0.6) is 0 Å². The SMILES string of the molecule is CCC(CC)C(=O)N1CCc2c(cnc3cc(C)nn23)C1. The maximum atomic E-state index is 12.5. The Bertz CT molecular complexity index is 672. The molecule has 0 unspecified atom stereocenters. The second-order valence-electron chi connectivity index (χ2n) is 5.81. The lowest BCUT2D eigenvalue weighted by Gasteiger charge is -2.31. The van der Waals surface area contributed by atoms with Crippen molar-refractivity contribution >= 4 is 11.6 Å². The third kappa shape index (κ3) is 2.41. The first-order chi connectivity index (χ1) is 10.1. The third-order valence-corrected chi connectivity index (χ3v) is 4.42. The summed E-state index contributed by atoms with van der Waals surface area (Å²) in [6.45, 7) is 7.59. The molecule has 0 aliphatic carbocycles. The van der Waals surface area contributed by atoms with E-state index in [0.29, 0.717) is 6.54 Å². The van der Waals surface area contributed by atoms with Crippen molar-refractivity contribution in [3.05, 3.63) is 29.2 Å². The molecule has 1 aliphatic rings. The molecule has 2 aromatic heterocycles. The van der Waals surface area contributed by atoms with Crippen molar-refractivity contribution in [1.29, 1.82) is 0 Å². The molecular weight excluding hydrogens is 264 g/mol. The first-order valence-corrected chi connectivity index (χ1v) is 7.76. The van der Waals surface area contributed by atoms with Gasteiger partial charge in [0.1, 0.15) is 0 Å². The van der Waals surface area contributed by atoms with Crippen LogP contribution in [0.4, 0.5) is 0 Å². The highest BCUT2D eigenvalue weighted by Gasteiger charge is 2.26. The summed E-state index contributed by atoms with van der Waals surface area (Å²) < 4.78 is 1.93. The van der Waals surface area contributed by atoms with E-state index in [-0.39, 0.29) is 11.8 Å². The minimum Gasteiger partial charge on any atom is -0.338 e. The zero-order valence-corrected chi connectivity index (χ0v) is 13.0. The summed E-state index contributed by atoms with van der Waals surface area (Å²) in [5, 5.41) is 4.51. The van der Waals surface area contributed by atoms with Gasteiger partial charge in [0.25, 0.3) is 0 Å². The molecule has 0 aromatic carbocycles. The zero-order chi connectivity index (χ0) is 15.0. The summed E-state index contributed by atoms with van der Waals surface area (Å²) >= 11 is 0. The van der Waals surface area contributed by atoms with Crippen LogP contribution < -0.4 is 0 Å². The summed E-state index contributed by atoms with van der Waals surface area (Å²) in [5.41, 5.74) is 4.19. The van der Waals surface area contributed by atoms with Crippen molar-refractivity contribution in [2.24, 2.45) is 5.92 Å². The van der Waals surface area contributed by atoms with Crippen molar-refractivity contribution in [1.82, 2.24) is 19.5 Å². The summed E-state index contributed by atoms with van der Waals surface area (Å²) in [4.78, 5) is 19.0. The molecule has 0 saturated carbocycles. The van der Waals surface area contributed by atoms with Crippen molar-refractivity contribution in [2.45, 2.75) is 46.6 Å². The van der Waals surface area contributed by atoms with Gasteiger partial charge in [-0.3, -0.25) is 4.79 Å². The molecular formula is C16H22N4O. The number of hydrogen-bond donors (Lipinski definition) is 0. The minimum absolute atomic E-state index is 0.148. The van der Waals surface area contributed by atoms with E-state index in [1.807, 2.05) is 28.6 Å². The van der Waals surface area contributed by atoms with Crippen LogP contribution in [0, 0.1) is 12.8 Å². The van der Waals surface area contributed by atoms with Gasteiger partial charge in [-0.25, -0.2) is 9.50 Å². The smallest absolute Gasteiger partial charge is 0.225 e. The number of hydrogen-bond acceptors (Lipinski definition) is 3. The predicted octanol–water partition coefficient (Wildman–Crippen LogP) is 2.36. The Morgan fingerprint density at radius 1 is 1.38 bits per heavy atom. The molecule has 0 bridgehead atoms. The fourth-order valence-electron chi connectivity index (χ4n) is 3.14. The Morgan fingerprint density at radius 3 is 2.86 bits per heavy atom. The van der Waals surface area contributed by atoms with E-state index >= 15 is 0 Å². The van der Waals surface area contributed by atoms with Crippen molar-refractivity contribution in [3.8, 4) is 0 Å². The van der Waals surface area contributed by atoms with E-state index in [0.717, 1.165) is 42.7 Å². The molecule has 0 spiro atoms. The summed E-state index contributed by atoms with van der Waals surface area (Å²) in [7, 11) is 0. The number of rotatable bonds is 3. The molecule has 0 N–H and O–H groups in total. The standard InChI is InChI=1S/C16H22N4O/c1-4-12(5-2)16(21)19-7-6-14-13(10-19)9-17-15-8-11(3)18-20(14)15/h8-9,12H,4-7,10H2,1-3H3. The molecule has 2 aromatic rings. The highest BCUT2D eigenvalue weighted by Crippen LogP contribution is 2.22. The van der Waals surface area contributed by atoms with Gasteiger partial charge in [0.2, 0.25) is 5.91 Å². The van der Waals surface area contributed by atoms with Gasteiger partial charge in [-0.1, -0.05) is 13.8 Å². The lowest BCUT2D eigenvalue weighted by Crippen LogP contribution is -2.40. The molecule has 0 atom stereocenters. The number of nitrogens with zero attached hydrogens (tertiary/aromatic N) is 4. The first kappa shape index (κ1) is 14.0. The second kappa shape index (κ2) is 5.47. The molecule has 5 nitrogen and oxygen atoms in total. The van der Waals surface area contributed by atoms with Crippen LogP contribution in [0.3, 0.4) is 0 Å². The highest BCUT2D eigenvalue weighted by atomic mass is 16.2. The fourth-order valence-corrected chi connectivity index (χ4v) is 3.14. The van der Waals surface area contributed by atoms with Gasteiger partial charge < -0.3 is 4.90 Å². The van der Waals surface area contributed by atoms with E-state index in [9.17, 15) is 4.79 Å². The molecule has 3 heterocycles.